The van der Waals surface area contributed by atoms with Crippen molar-refractivity contribution in [3.05, 3.63) is 42.6 Å². The smallest absolute Gasteiger partial charge is 0.244 e. The van der Waals surface area contributed by atoms with Gasteiger partial charge in [-0.3, -0.25) is 0 Å². The fourth-order valence-electron chi connectivity index (χ4n) is 3.32. The molecule has 0 aliphatic carbocycles. The number of ether oxygens (including phenoxy) is 1. The van der Waals surface area contributed by atoms with Gasteiger partial charge in [-0.2, -0.15) is 4.31 Å². The van der Waals surface area contributed by atoms with Crippen LogP contribution in [0.4, 0.5) is 5.82 Å². The minimum absolute atomic E-state index is 0.208. The number of likely N-dealkylation sites (N-methyl/N-ethyl adjacent to an activating group) is 1. The van der Waals surface area contributed by atoms with Crippen molar-refractivity contribution < 1.29 is 21.6 Å². The summed E-state index contributed by atoms with van der Waals surface area (Å²) in [6.45, 7) is 3.53. The number of benzene rings is 1. The summed E-state index contributed by atoms with van der Waals surface area (Å²) in [6, 6.07) is 9.65. The minimum Gasteiger partial charge on any atom is -0.494 e. The molecular formula is C21H30N4O5S2. The second-order valence-corrected chi connectivity index (χ2v) is 11.9. The van der Waals surface area contributed by atoms with Crippen molar-refractivity contribution in [2.24, 2.45) is 0 Å². The van der Waals surface area contributed by atoms with Crippen molar-refractivity contribution in [2.45, 2.75) is 16.2 Å². The molecule has 0 atom stereocenters. The molecule has 1 fully saturated rings. The van der Waals surface area contributed by atoms with Gasteiger partial charge in [-0.1, -0.05) is 0 Å². The van der Waals surface area contributed by atoms with Crippen LogP contribution in [0, 0.1) is 0 Å². The van der Waals surface area contributed by atoms with Gasteiger partial charge in [0.2, 0.25) is 10.0 Å². The molecule has 2 aromatic rings. The standard InChI is InChI=1S/C21H30N4O5S2/c1-23-12-14-25(15-13-23)32(28,29)20-9-10-21(22-17-20)24(2)11-4-16-30-18-5-7-19(8-6-18)31(3,26)27/h5-10,17H,4,11-16H2,1-3H3. The maximum atomic E-state index is 12.8. The van der Waals surface area contributed by atoms with E-state index in [1.54, 1.807) is 24.3 Å². The van der Waals surface area contributed by atoms with Crippen molar-refractivity contribution >= 4 is 25.7 Å². The zero-order valence-corrected chi connectivity index (χ0v) is 20.3. The van der Waals surface area contributed by atoms with Crippen LogP contribution in [0.1, 0.15) is 6.42 Å². The van der Waals surface area contributed by atoms with Crippen LogP contribution in [0.25, 0.3) is 0 Å². The molecule has 1 aromatic heterocycles. The van der Waals surface area contributed by atoms with Crippen LogP contribution < -0.4 is 9.64 Å². The molecule has 9 nitrogen and oxygen atoms in total. The Bertz CT molecular complexity index is 1100. The quantitative estimate of drug-likeness (QED) is 0.494. The molecule has 0 amide bonds. The first-order valence-corrected chi connectivity index (χ1v) is 13.7. The largest absolute Gasteiger partial charge is 0.494 e. The summed E-state index contributed by atoms with van der Waals surface area (Å²) in [5.74, 6) is 1.29. The van der Waals surface area contributed by atoms with Crippen LogP contribution in [-0.4, -0.2) is 90.7 Å². The van der Waals surface area contributed by atoms with E-state index < -0.39 is 19.9 Å². The molecule has 176 valence electrons. The number of piperazine rings is 1. The molecule has 1 saturated heterocycles. The fourth-order valence-corrected chi connectivity index (χ4v) is 5.32. The number of sulfonamides is 1. The van der Waals surface area contributed by atoms with E-state index in [1.807, 2.05) is 19.0 Å². The summed E-state index contributed by atoms with van der Waals surface area (Å²) in [5, 5.41) is 0. The van der Waals surface area contributed by atoms with Gasteiger partial charge in [0.05, 0.1) is 11.5 Å². The van der Waals surface area contributed by atoms with E-state index in [-0.39, 0.29) is 9.79 Å². The molecule has 1 aliphatic rings. The van der Waals surface area contributed by atoms with Crippen molar-refractivity contribution in [1.29, 1.82) is 0 Å². The third-order valence-electron chi connectivity index (χ3n) is 5.37. The Morgan fingerprint density at radius 2 is 1.59 bits per heavy atom. The maximum Gasteiger partial charge on any atom is 0.244 e. The third kappa shape index (κ3) is 6.18. The molecule has 11 heteroatoms. The summed E-state index contributed by atoms with van der Waals surface area (Å²) in [4.78, 5) is 8.84. The fraction of sp³-hybridized carbons (Fsp3) is 0.476. The lowest BCUT2D eigenvalue weighted by atomic mass is 10.3. The van der Waals surface area contributed by atoms with Crippen molar-refractivity contribution in [1.82, 2.24) is 14.2 Å². The van der Waals surface area contributed by atoms with Gasteiger partial charge in [0.1, 0.15) is 16.5 Å². The zero-order chi connectivity index (χ0) is 23.4. The first kappa shape index (κ1) is 24.4. The highest BCUT2D eigenvalue weighted by Crippen LogP contribution is 2.19. The van der Waals surface area contributed by atoms with E-state index in [0.717, 1.165) is 13.1 Å². The van der Waals surface area contributed by atoms with Crippen LogP contribution in [0.3, 0.4) is 0 Å². The molecule has 0 spiro atoms. The summed E-state index contributed by atoms with van der Waals surface area (Å²) in [6.07, 6.45) is 3.30. The second-order valence-electron chi connectivity index (χ2n) is 7.93. The van der Waals surface area contributed by atoms with Crippen molar-refractivity contribution in [2.75, 3.05) is 64.6 Å². The summed E-state index contributed by atoms with van der Waals surface area (Å²) >= 11 is 0. The average molecular weight is 483 g/mol. The number of nitrogens with zero attached hydrogens (tertiary/aromatic N) is 4. The predicted molar refractivity (Wildman–Crippen MR) is 123 cm³/mol. The predicted octanol–water partition coefficient (Wildman–Crippen LogP) is 1.33. The highest BCUT2D eigenvalue weighted by Gasteiger charge is 2.27. The summed E-state index contributed by atoms with van der Waals surface area (Å²) in [7, 11) is -2.87. The SMILES string of the molecule is CN1CCN(S(=O)(=O)c2ccc(N(C)CCCOc3ccc(S(C)(=O)=O)cc3)nc2)CC1. The Hall–Kier alpha value is -2.21. The molecule has 0 saturated carbocycles. The first-order valence-electron chi connectivity index (χ1n) is 10.4. The first-order chi connectivity index (χ1) is 15.1. The Morgan fingerprint density at radius 3 is 2.16 bits per heavy atom. The molecule has 0 N–H and O–H groups in total. The third-order valence-corrected chi connectivity index (χ3v) is 8.38. The molecule has 2 heterocycles. The van der Waals surface area contributed by atoms with Gasteiger partial charge >= 0.3 is 0 Å². The van der Waals surface area contributed by atoms with Crippen molar-refractivity contribution in [3.63, 3.8) is 0 Å². The molecule has 1 aromatic carbocycles. The van der Waals surface area contributed by atoms with E-state index in [4.69, 9.17) is 4.74 Å². The molecule has 3 rings (SSSR count). The number of hydrogen-bond donors (Lipinski definition) is 0. The van der Waals surface area contributed by atoms with Gasteiger partial charge in [-0.05, 0) is 49.9 Å². The van der Waals surface area contributed by atoms with Crippen LogP contribution in [-0.2, 0) is 19.9 Å². The normalized spacial score (nSPS) is 16.1. The van der Waals surface area contributed by atoms with E-state index in [9.17, 15) is 16.8 Å². The molecule has 32 heavy (non-hydrogen) atoms. The molecule has 0 bridgehead atoms. The van der Waals surface area contributed by atoms with E-state index in [2.05, 4.69) is 9.88 Å². The molecular weight excluding hydrogens is 452 g/mol. The van der Waals surface area contributed by atoms with Gasteiger partial charge in [-0.25, -0.2) is 21.8 Å². The number of hydrogen-bond acceptors (Lipinski definition) is 8. The van der Waals surface area contributed by atoms with E-state index >= 15 is 0 Å². The van der Waals surface area contributed by atoms with Gasteiger partial charge in [0, 0.05) is 52.2 Å². The number of aromatic nitrogens is 1. The van der Waals surface area contributed by atoms with Gasteiger partial charge in [0.15, 0.2) is 9.84 Å². The average Bonchev–Trinajstić information content (AvgIpc) is 2.76. The highest BCUT2D eigenvalue weighted by molar-refractivity contribution is 7.90. The topological polar surface area (TPSA) is 100 Å². The Labute approximate surface area is 190 Å². The van der Waals surface area contributed by atoms with Crippen LogP contribution in [0.15, 0.2) is 52.4 Å². The minimum atomic E-state index is -3.52. The lowest BCUT2D eigenvalue weighted by molar-refractivity contribution is 0.222. The number of anilines is 1. The van der Waals surface area contributed by atoms with Crippen LogP contribution in [0.5, 0.6) is 5.75 Å². The highest BCUT2D eigenvalue weighted by atomic mass is 32.2. The summed E-state index contributed by atoms with van der Waals surface area (Å²) < 4.78 is 55.8. The maximum absolute atomic E-state index is 12.8. The molecule has 1 aliphatic heterocycles. The Kier molecular flexibility index (Phi) is 7.75. The Balaban J connectivity index is 1.49. The van der Waals surface area contributed by atoms with Crippen LogP contribution >= 0.6 is 0 Å². The van der Waals surface area contributed by atoms with Gasteiger partial charge < -0.3 is 14.5 Å². The lowest BCUT2D eigenvalue weighted by Gasteiger charge is -2.31. The summed E-state index contributed by atoms with van der Waals surface area (Å²) in [5.41, 5.74) is 0. The van der Waals surface area contributed by atoms with Gasteiger partial charge in [-0.15, -0.1) is 0 Å². The van der Waals surface area contributed by atoms with E-state index in [1.165, 1.54) is 28.9 Å². The second kappa shape index (κ2) is 10.2. The lowest BCUT2D eigenvalue weighted by Crippen LogP contribution is -2.47. The van der Waals surface area contributed by atoms with Crippen molar-refractivity contribution in [3.8, 4) is 5.75 Å². The zero-order valence-electron chi connectivity index (χ0n) is 18.6. The van der Waals surface area contributed by atoms with Crippen LogP contribution in [0.2, 0.25) is 0 Å². The monoisotopic (exact) mass is 482 g/mol. The van der Waals surface area contributed by atoms with Gasteiger partial charge in [0.25, 0.3) is 0 Å². The number of sulfone groups is 1. The molecule has 0 radical (unpaired) electrons. The molecule has 0 unspecified atom stereocenters. The number of pyridine rings is 1. The van der Waals surface area contributed by atoms with E-state index in [0.29, 0.717) is 44.2 Å². The number of rotatable bonds is 9. The Morgan fingerprint density at radius 1 is 0.969 bits per heavy atom.